The molecule has 0 heterocycles. The first-order valence-corrected chi connectivity index (χ1v) is 6.43. The molecule has 0 spiro atoms. The van der Waals surface area contributed by atoms with Gasteiger partial charge in [0.05, 0.1) is 12.8 Å². The van der Waals surface area contributed by atoms with Gasteiger partial charge in [-0.25, -0.2) is 0 Å². The predicted molar refractivity (Wildman–Crippen MR) is 77.9 cm³/mol. The third kappa shape index (κ3) is 5.07. The van der Waals surface area contributed by atoms with Gasteiger partial charge in [-0.15, -0.1) is 0 Å². The fourth-order valence-electron chi connectivity index (χ4n) is 1.58. The molecule has 0 aliphatic rings. The van der Waals surface area contributed by atoms with Gasteiger partial charge in [0.2, 0.25) is 0 Å². The van der Waals surface area contributed by atoms with Crippen molar-refractivity contribution in [3.05, 3.63) is 18.2 Å². The molecule has 1 unspecified atom stereocenters. The molecule has 0 aromatic heterocycles. The molecular weight excluding hydrogens is 260 g/mol. The van der Waals surface area contributed by atoms with Crippen LogP contribution < -0.4 is 15.8 Å². The fourth-order valence-corrected chi connectivity index (χ4v) is 1.58. The third-order valence-electron chi connectivity index (χ3n) is 2.71. The first kappa shape index (κ1) is 16.3. The van der Waals surface area contributed by atoms with Crippen LogP contribution in [0.4, 0.5) is 11.4 Å². The van der Waals surface area contributed by atoms with Crippen molar-refractivity contribution in [1.82, 2.24) is 0 Å². The molecule has 20 heavy (non-hydrogen) atoms. The van der Waals surface area contributed by atoms with E-state index < -0.39 is 6.10 Å². The average molecular weight is 282 g/mol. The van der Waals surface area contributed by atoms with Gasteiger partial charge in [-0.1, -0.05) is 0 Å². The summed E-state index contributed by atoms with van der Waals surface area (Å²) in [6.45, 7) is 2.79. The second-order valence-corrected chi connectivity index (χ2v) is 4.31. The highest BCUT2D eigenvalue weighted by Crippen LogP contribution is 2.26. The van der Waals surface area contributed by atoms with Gasteiger partial charge < -0.3 is 25.3 Å². The Morgan fingerprint density at radius 2 is 2.10 bits per heavy atom. The van der Waals surface area contributed by atoms with Gasteiger partial charge in [0, 0.05) is 32.1 Å². The van der Waals surface area contributed by atoms with Gasteiger partial charge in [-0.3, -0.25) is 4.79 Å². The molecular formula is C14H22N2O4. The van der Waals surface area contributed by atoms with Crippen LogP contribution in [0.1, 0.15) is 13.3 Å². The summed E-state index contributed by atoms with van der Waals surface area (Å²) in [6, 6.07) is 5.05. The number of benzene rings is 1. The van der Waals surface area contributed by atoms with E-state index in [1.54, 1.807) is 32.2 Å². The molecule has 0 fully saturated rings. The number of hydrogen-bond donors (Lipinski definition) is 2. The van der Waals surface area contributed by atoms with Crippen LogP contribution in [0, 0.1) is 0 Å². The maximum atomic E-state index is 12.0. The highest BCUT2D eigenvalue weighted by atomic mass is 16.5. The van der Waals surface area contributed by atoms with E-state index in [1.807, 2.05) is 0 Å². The average Bonchev–Trinajstić information content (AvgIpc) is 2.45. The lowest BCUT2D eigenvalue weighted by atomic mass is 10.2. The Balaban J connectivity index is 2.52. The second kappa shape index (κ2) is 8.39. The molecule has 1 aromatic rings. The largest absolute Gasteiger partial charge is 0.494 e. The van der Waals surface area contributed by atoms with E-state index in [4.69, 9.17) is 19.9 Å². The Bertz CT molecular complexity index is 437. The minimum Gasteiger partial charge on any atom is -0.494 e. The van der Waals surface area contributed by atoms with Crippen LogP contribution >= 0.6 is 0 Å². The van der Waals surface area contributed by atoms with Crippen LogP contribution in [-0.4, -0.2) is 39.4 Å². The van der Waals surface area contributed by atoms with Crippen LogP contribution in [-0.2, 0) is 14.3 Å². The van der Waals surface area contributed by atoms with Gasteiger partial charge in [-0.2, -0.15) is 0 Å². The smallest absolute Gasteiger partial charge is 0.253 e. The lowest BCUT2D eigenvalue weighted by molar-refractivity contribution is -0.126. The van der Waals surface area contributed by atoms with Crippen LogP contribution in [0.25, 0.3) is 0 Å². The van der Waals surface area contributed by atoms with E-state index in [2.05, 4.69) is 5.32 Å². The van der Waals surface area contributed by atoms with Crippen LogP contribution in [0.2, 0.25) is 0 Å². The summed E-state index contributed by atoms with van der Waals surface area (Å²) < 4.78 is 15.5. The Hall–Kier alpha value is -1.79. The number of rotatable bonds is 8. The Kier molecular flexibility index (Phi) is 6.83. The van der Waals surface area contributed by atoms with E-state index in [1.165, 1.54) is 7.11 Å². The molecule has 0 aliphatic heterocycles. The Morgan fingerprint density at radius 1 is 1.35 bits per heavy atom. The van der Waals surface area contributed by atoms with Crippen LogP contribution in [0.5, 0.6) is 5.75 Å². The Labute approximate surface area is 119 Å². The van der Waals surface area contributed by atoms with Gasteiger partial charge >= 0.3 is 0 Å². The first-order valence-electron chi connectivity index (χ1n) is 6.43. The highest BCUT2D eigenvalue weighted by Gasteiger charge is 2.15. The summed E-state index contributed by atoms with van der Waals surface area (Å²) in [4.78, 5) is 12.0. The normalized spacial score (nSPS) is 11.9. The summed E-state index contributed by atoms with van der Waals surface area (Å²) in [5.74, 6) is 0.287. The number of carbonyl (C=O) groups is 1. The molecule has 0 aliphatic carbocycles. The standard InChI is InChI=1S/C14H22N2O4/c1-10(20-8-4-7-18-2)14(17)16-12-6-5-11(15)9-13(12)19-3/h5-6,9-10H,4,7-8,15H2,1-3H3,(H,16,17). The van der Waals surface area contributed by atoms with E-state index >= 15 is 0 Å². The van der Waals surface area contributed by atoms with Crippen LogP contribution in [0.15, 0.2) is 18.2 Å². The number of anilines is 2. The SMILES string of the molecule is COCCCOC(C)C(=O)Nc1ccc(N)cc1OC. The zero-order valence-corrected chi connectivity index (χ0v) is 12.1. The first-order chi connectivity index (χ1) is 9.58. The number of carbonyl (C=O) groups excluding carboxylic acids is 1. The number of methoxy groups -OCH3 is 2. The minimum atomic E-state index is -0.547. The summed E-state index contributed by atoms with van der Waals surface area (Å²) in [5.41, 5.74) is 6.80. The van der Waals surface area contributed by atoms with Gasteiger partial charge in [-0.05, 0) is 25.5 Å². The summed E-state index contributed by atoms with van der Waals surface area (Å²) in [6.07, 6.45) is 0.202. The van der Waals surface area contributed by atoms with Crippen LogP contribution in [0.3, 0.4) is 0 Å². The lowest BCUT2D eigenvalue weighted by Gasteiger charge is -2.15. The molecule has 112 valence electrons. The number of nitrogen functional groups attached to an aromatic ring is 1. The van der Waals surface area contributed by atoms with E-state index in [0.717, 1.165) is 6.42 Å². The predicted octanol–water partition coefficient (Wildman–Crippen LogP) is 1.66. The van der Waals surface area contributed by atoms with Gasteiger partial charge in [0.25, 0.3) is 5.91 Å². The summed E-state index contributed by atoms with van der Waals surface area (Å²) in [7, 11) is 3.15. The number of hydrogen-bond acceptors (Lipinski definition) is 5. The van der Waals surface area contributed by atoms with E-state index in [0.29, 0.717) is 30.3 Å². The van der Waals surface area contributed by atoms with Crippen molar-refractivity contribution in [2.24, 2.45) is 0 Å². The van der Waals surface area contributed by atoms with E-state index in [-0.39, 0.29) is 5.91 Å². The zero-order valence-electron chi connectivity index (χ0n) is 12.1. The summed E-state index contributed by atoms with van der Waals surface area (Å²) >= 11 is 0. The van der Waals surface area contributed by atoms with Crippen molar-refractivity contribution in [2.75, 3.05) is 38.5 Å². The highest BCUT2D eigenvalue weighted by molar-refractivity contribution is 5.95. The topological polar surface area (TPSA) is 82.8 Å². The second-order valence-electron chi connectivity index (χ2n) is 4.31. The van der Waals surface area contributed by atoms with Crippen molar-refractivity contribution in [3.63, 3.8) is 0 Å². The fraction of sp³-hybridized carbons (Fsp3) is 0.500. The van der Waals surface area contributed by atoms with Gasteiger partial charge in [0.15, 0.2) is 0 Å². The molecule has 0 radical (unpaired) electrons. The molecule has 6 heteroatoms. The zero-order chi connectivity index (χ0) is 15.0. The van der Waals surface area contributed by atoms with Crippen molar-refractivity contribution in [2.45, 2.75) is 19.4 Å². The monoisotopic (exact) mass is 282 g/mol. The van der Waals surface area contributed by atoms with Crippen molar-refractivity contribution < 1.29 is 19.0 Å². The molecule has 0 saturated carbocycles. The number of ether oxygens (including phenoxy) is 3. The summed E-state index contributed by atoms with van der Waals surface area (Å²) in [5, 5.41) is 2.75. The molecule has 1 amide bonds. The number of nitrogens with one attached hydrogen (secondary N) is 1. The molecule has 6 nitrogen and oxygen atoms in total. The van der Waals surface area contributed by atoms with Crippen molar-refractivity contribution in [3.8, 4) is 5.75 Å². The minimum absolute atomic E-state index is 0.231. The lowest BCUT2D eigenvalue weighted by Crippen LogP contribution is -2.28. The molecule has 0 bridgehead atoms. The van der Waals surface area contributed by atoms with E-state index in [9.17, 15) is 4.79 Å². The third-order valence-corrected chi connectivity index (χ3v) is 2.71. The Morgan fingerprint density at radius 3 is 2.75 bits per heavy atom. The number of nitrogens with two attached hydrogens (primary N) is 1. The molecule has 3 N–H and O–H groups in total. The molecule has 1 aromatic carbocycles. The quantitative estimate of drug-likeness (QED) is 0.559. The van der Waals surface area contributed by atoms with Crippen molar-refractivity contribution >= 4 is 17.3 Å². The van der Waals surface area contributed by atoms with Crippen molar-refractivity contribution in [1.29, 1.82) is 0 Å². The molecule has 0 saturated heterocycles. The maximum absolute atomic E-state index is 12.0. The maximum Gasteiger partial charge on any atom is 0.253 e. The number of amides is 1. The van der Waals surface area contributed by atoms with Gasteiger partial charge in [0.1, 0.15) is 11.9 Å². The molecule has 1 rings (SSSR count). The molecule has 1 atom stereocenters.